The summed E-state index contributed by atoms with van der Waals surface area (Å²) in [6, 6.07) is 8.30. The van der Waals surface area contributed by atoms with Crippen molar-refractivity contribution in [3.8, 4) is 5.75 Å². The summed E-state index contributed by atoms with van der Waals surface area (Å²) in [6.45, 7) is 10.7. The second kappa shape index (κ2) is 19.0. The van der Waals surface area contributed by atoms with E-state index in [0.29, 0.717) is 17.0 Å². The van der Waals surface area contributed by atoms with Gasteiger partial charge in [-0.2, -0.15) is 0 Å². The van der Waals surface area contributed by atoms with Crippen LogP contribution < -0.4 is 47.2 Å². The van der Waals surface area contributed by atoms with Gasteiger partial charge in [-0.05, 0) is 38.0 Å². The van der Waals surface area contributed by atoms with Gasteiger partial charge < -0.3 is 15.0 Å². The fourth-order valence-corrected chi connectivity index (χ4v) is 8.60. The quantitative estimate of drug-likeness (QED) is 0.0515. The molecular formula is C33H53IN5O4-. The summed E-state index contributed by atoms with van der Waals surface area (Å²) in [5, 5.41) is 12.6. The van der Waals surface area contributed by atoms with E-state index in [1.54, 1.807) is 0 Å². The Morgan fingerprint density at radius 3 is 2.56 bits per heavy atom. The Bertz CT molecular complexity index is 1040. The van der Waals surface area contributed by atoms with E-state index >= 15 is 0 Å². The molecule has 1 unspecified atom stereocenters. The monoisotopic (exact) mass is 710 g/mol. The number of nitrogens with one attached hydrogen (secondary N) is 4. The number of carbonyl (C=O) groups is 3. The molecule has 242 valence electrons. The van der Waals surface area contributed by atoms with E-state index in [2.05, 4.69) is 41.7 Å². The number of amides is 4. The normalized spacial score (nSPS) is 21.3. The minimum absolute atomic E-state index is 0.00972. The molecular weight excluding hydrogens is 657 g/mol. The Kier molecular flexibility index (Phi) is 15.5. The first-order valence-corrected chi connectivity index (χ1v) is 18.9. The molecule has 1 aromatic rings. The van der Waals surface area contributed by atoms with Crippen LogP contribution in [0, 0.1) is 0 Å². The number of hydrogen-bond donors (Lipinski definition) is 4. The molecule has 0 bridgehead atoms. The van der Waals surface area contributed by atoms with Gasteiger partial charge in [-0.1, -0.05) is 25.5 Å². The standard InChI is InChI=1S/C33H53IN5O4/c1-4-30(41)39-22-19-33(3,25-39)38-27-16-15-17-28(24-27)43-23-14-10-8-6-5-7-9-13-21-35-29(40)18-11-12-20-34-31-26(2)36-32(42)37-31/h4,15-17,24,26,31,38H,1,5-14,18-23,25H2,2-3H3,(H,35,40)(H2,36,37,42)/q-1/t26-,31-,33?/m0/s1. The molecule has 2 fully saturated rings. The molecule has 0 saturated carbocycles. The molecule has 4 amide bonds. The van der Waals surface area contributed by atoms with Crippen molar-refractivity contribution < 1.29 is 40.3 Å². The van der Waals surface area contributed by atoms with Gasteiger partial charge in [0.25, 0.3) is 0 Å². The van der Waals surface area contributed by atoms with Crippen molar-refractivity contribution in [2.24, 2.45) is 0 Å². The third kappa shape index (κ3) is 13.4. The molecule has 43 heavy (non-hydrogen) atoms. The minimum Gasteiger partial charge on any atom is 0.00329 e. The molecule has 0 aliphatic carbocycles. The Labute approximate surface area is 269 Å². The number of urea groups is 1. The second-order valence-electron chi connectivity index (χ2n) is 12.1. The van der Waals surface area contributed by atoms with Crippen LogP contribution >= 0.6 is 0 Å². The summed E-state index contributed by atoms with van der Waals surface area (Å²) < 4.78 is 7.47. The molecule has 1 aromatic carbocycles. The number of rotatable bonds is 21. The molecule has 2 saturated heterocycles. The predicted octanol–water partition coefficient (Wildman–Crippen LogP) is 2.18. The van der Waals surface area contributed by atoms with Gasteiger partial charge in [0, 0.05) is 24.8 Å². The summed E-state index contributed by atoms with van der Waals surface area (Å²) in [4.78, 5) is 37.2. The Balaban J connectivity index is 1.10. The number of hydrogen-bond acceptors (Lipinski definition) is 5. The summed E-state index contributed by atoms with van der Waals surface area (Å²) in [7, 11) is 0. The van der Waals surface area contributed by atoms with Crippen LogP contribution in [0.4, 0.5) is 10.5 Å². The van der Waals surface area contributed by atoms with E-state index in [1.807, 2.05) is 29.2 Å². The summed E-state index contributed by atoms with van der Waals surface area (Å²) >= 11 is -0.0687. The average molecular weight is 711 g/mol. The van der Waals surface area contributed by atoms with Crippen LogP contribution in [0.2, 0.25) is 0 Å². The van der Waals surface area contributed by atoms with Gasteiger partial charge >= 0.3 is 138 Å². The van der Waals surface area contributed by atoms with E-state index in [-0.39, 0.29) is 50.6 Å². The summed E-state index contributed by atoms with van der Waals surface area (Å²) in [5.74, 6) is 1.04. The molecule has 0 spiro atoms. The first-order valence-electron chi connectivity index (χ1n) is 16.1. The summed E-state index contributed by atoms with van der Waals surface area (Å²) in [6.07, 6.45) is 14.3. The maximum absolute atomic E-state index is 12.1. The molecule has 10 heteroatoms. The van der Waals surface area contributed by atoms with E-state index in [4.69, 9.17) is 4.74 Å². The second-order valence-corrected chi connectivity index (χ2v) is 15.4. The number of likely N-dealkylation sites (tertiary alicyclic amines) is 1. The van der Waals surface area contributed by atoms with Crippen LogP contribution in [-0.4, -0.2) is 69.0 Å². The van der Waals surface area contributed by atoms with Crippen molar-refractivity contribution in [2.45, 2.75) is 107 Å². The molecule has 4 N–H and O–H groups in total. The van der Waals surface area contributed by atoms with Gasteiger partial charge in [-0.25, -0.2) is 0 Å². The molecule has 2 aliphatic rings. The number of ether oxygens (including phenoxy) is 1. The number of halogens is 1. The van der Waals surface area contributed by atoms with Gasteiger partial charge in [0.15, 0.2) is 0 Å². The Morgan fingerprint density at radius 1 is 1.09 bits per heavy atom. The Morgan fingerprint density at radius 2 is 1.84 bits per heavy atom. The third-order valence-electron chi connectivity index (χ3n) is 8.03. The molecule has 3 rings (SSSR count). The van der Waals surface area contributed by atoms with E-state index in [0.717, 1.165) is 67.7 Å². The van der Waals surface area contributed by atoms with Gasteiger partial charge in [-0.15, -0.1) is 0 Å². The fraction of sp³-hybridized carbons (Fsp3) is 0.667. The number of alkyl halides is 2. The number of anilines is 1. The molecule has 2 heterocycles. The van der Waals surface area contributed by atoms with Crippen LogP contribution in [0.1, 0.15) is 90.9 Å². The van der Waals surface area contributed by atoms with E-state index in [1.165, 1.54) is 44.6 Å². The number of benzene rings is 1. The van der Waals surface area contributed by atoms with Crippen LogP contribution in [0.5, 0.6) is 5.75 Å². The van der Waals surface area contributed by atoms with Gasteiger partial charge in [-0.3, -0.25) is 4.79 Å². The van der Waals surface area contributed by atoms with Gasteiger partial charge in [0.05, 0.1) is 12.1 Å². The van der Waals surface area contributed by atoms with Crippen LogP contribution in [-0.2, 0) is 9.59 Å². The van der Waals surface area contributed by atoms with Crippen LogP contribution in [0.15, 0.2) is 36.9 Å². The zero-order valence-corrected chi connectivity index (χ0v) is 28.4. The van der Waals surface area contributed by atoms with Crippen LogP contribution in [0.3, 0.4) is 0 Å². The minimum atomic E-state index is -0.151. The molecule has 0 radical (unpaired) electrons. The maximum atomic E-state index is 12.1. The number of carbonyl (C=O) groups excluding carboxylic acids is 3. The van der Waals surface area contributed by atoms with Gasteiger partial charge in [0.1, 0.15) is 5.75 Å². The van der Waals surface area contributed by atoms with E-state index in [9.17, 15) is 14.4 Å². The first-order chi connectivity index (χ1) is 20.8. The predicted molar refractivity (Wildman–Crippen MR) is 169 cm³/mol. The van der Waals surface area contributed by atoms with Crippen molar-refractivity contribution in [3.63, 3.8) is 0 Å². The SMILES string of the molecule is C=CC(=O)N1CCC(C)(Nc2cccc(OCCCCCCCCCCNC(=O)CCCC[I-][C@H]3NC(=O)N[C@H]3C)c2)C1. The topological polar surface area (TPSA) is 112 Å². The smallest absolute Gasteiger partial charge is 0.00329 e. The molecule has 0 aromatic heterocycles. The molecule has 3 atom stereocenters. The maximum Gasteiger partial charge on any atom is 0.0437 e. The third-order valence-corrected chi connectivity index (χ3v) is 11.8. The van der Waals surface area contributed by atoms with Crippen molar-refractivity contribution in [1.82, 2.24) is 20.9 Å². The van der Waals surface area contributed by atoms with Crippen molar-refractivity contribution in [3.05, 3.63) is 36.9 Å². The number of unbranched alkanes of at least 4 members (excludes halogenated alkanes) is 8. The fourth-order valence-electron chi connectivity index (χ4n) is 5.51. The largest absolute Gasteiger partial charge is 0.0437 e. The van der Waals surface area contributed by atoms with Crippen LogP contribution in [0.25, 0.3) is 0 Å². The number of nitrogens with zero attached hydrogens (tertiary/aromatic N) is 1. The van der Waals surface area contributed by atoms with Crippen molar-refractivity contribution >= 4 is 23.5 Å². The van der Waals surface area contributed by atoms with Gasteiger partial charge in [0.2, 0.25) is 5.91 Å². The summed E-state index contributed by atoms with van der Waals surface area (Å²) in [5.41, 5.74) is 0.867. The molecule has 9 nitrogen and oxygen atoms in total. The zero-order valence-electron chi connectivity index (χ0n) is 26.2. The Hall–Kier alpha value is -2.50. The average Bonchev–Trinajstić information content (AvgIpc) is 3.53. The molecule has 2 aliphatic heterocycles. The van der Waals surface area contributed by atoms with Crippen molar-refractivity contribution in [2.75, 3.05) is 36.0 Å². The van der Waals surface area contributed by atoms with E-state index < -0.39 is 0 Å². The zero-order chi connectivity index (χ0) is 30.9. The van der Waals surface area contributed by atoms with Crippen molar-refractivity contribution in [1.29, 1.82) is 0 Å². The first kappa shape index (κ1) is 35.0.